The quantitative estimate of drug-likeness (QED) is 0.440. The molecule has 5 rings (SSSR count). The second kappa shape index (κ2) is 9.50. The Morgan fingerprint density at radius 1 is 1.00 bits per heavy atom. The molecule has 8 heteroatoms. The van der Waals surface area contributed by atoms with Crippen LogP contribution < -0.4 is 20.7 Å². The van der Waals surface area contributed by atoms with Gasteiger partial charge in [-0.2, -0.15) is 0 Å². The molecule has 1 atom stereocenters. The lowest BCUT2D eigenvalue weighted by Gasteiger charge is -2.26. The van der Waals surface area contributed by atoms with Crippen molar-refractivity contribution in [2.24, 2.45) is 5.73 Å². The van der Waals surface area contributed by atoms with Gasteiger partial charge in [0.1, 0.15) is 5.75 Å². The highest BCUT2D eigenvalue weighted by atomic mass is 32.1. The highest BCUT2D eigenvalue weighted by molar-refractivity contribution is 7.19. The van der Waals surface area contributed by atoms with Crippen LogP contribution in [0, 0.1) is 0 Å². The topological polar surface area (TPSA) is 89.2 Å². The predicted molar refractivity (Wildman–Crippen MR) is 137 cm³/mol. The normalized spacial score (nSPS) is 15.7. The van der Waals surface area contributed by atoms with Gasteiger partial charge in [-0.25, -0.2) is 15.0 Å². The number of rotatable bonds is 6. The van der Waals surface area contributed by atoms with E-state index in [9.17, 15) is 0 Å². The van der Waals surface area contributed by atoms with E-state index in [1.54, 1.807) is 24.6 Å². The van der Waals surface area contributed by atoms with Gasteiger partial charge in [-0.15, -0.1) is 0 Å². The van der Waals surface area contributed by atoms with Gasteiger partial charge in [-0.3, -0.25) is 0 Å². The van der Waals surface area contributed by atoms with Crippen LogP contribution in [0.25, 0.3) is 21.8 Å². The van der Waals surface area contributed by atoms with E-state index in [0.29, 0.717) is 5.82 Å². The molecule has 1 fully saturated rings. The van der Waals surface area contributed by atoms with Gasteiger partial charge < -0.3 is 20.7 Å². The third kappa shape index (κ3) is 4.40. The number of ether oxygens (including phenoxy) is 1. The van der Waals surface area contributed by atoms with E-state index in [-0.39, 0.29) is 0 Å². The van der Waals surface area contributed by atoms with Gasteiger partial charge in [0.05, 0.1) is 28.9 Å². The molecule has 0 radical (unpaired) electrons. The van der Waals surface area contributed by atoms with Crippen LogP contribution in [0.15, 0.2) is 66.9 Å². The first-order valence-corrected chi connectivity index (χ1v) is 12.2. The molecule has 7 nitrogen and oxygen atoms in total. The Hall–Kier alpha value is -3.33. The van der Waals surface area contributed by atoms with Gasteiger partial charge in [0.25, 0.3) is 0 Å². The van der Waals surface area contributed by atoms with Gasteiger partial charge in [-0.05, 0) is 42.8 Å². The number of nitrogens with two attached hydrogens (primary N) is 1. The molecule has 0 amide bonds. The van der Waals surface area contributed by atoms with Crippen molar-refractivity contribution in [1.29, 1.82) is 0 Å². The van der Waals surface area contributed by atoms with Crippen molar-refractivity contribution in [3.8, 4) is 27.6 Å². The molecule has 0 spiro atoms. The molecular weight excluding hydrogens is 444 g/mol. The maximum Gasteiger partial charge on any atom is 0.186 e. The summed E-state index contributed by atoms with van der Waals surface area (Å²) in [5.74, 6) is 1.39. The molecule has 4 aromatic rings. The summed E-state index contributed by atoms with van der Waals surface area (Å²) in [6, 6.07) is 19.9. The van der Waals surface area contributed by atoms with Gasteiger partial charge in [-0.1, -0.05) is 41.7 Å². The monoisotopic (exact) mass is 472 g/mol. The molecule has 34 heavy (non-hydrogen) atoms. The Kier molecular flexibility index (Phi) is 6.28. The summed E-state index contributed by atoms with van der Waals surface area (Å²) in [7, 11) is 1.67. The Morgan fingerprint density at radius 2 is 1.74 bits per heavy atom. The first kappa shape index (κ1) is 22.5. The first-order valence-electron chi connectivity index (χ1n) is 11.4. The van der Waals surface area contributed by atoms with Crippen LogP contribution in [0.3, 0.4) is 0 Å². The Labute approximate surface area is 203 Å². The van der Waals surface area contributed by atoms with Gasteiger partial charge in [0.2, 0.25) is 0 Å². The molecule has 2 aromatic carbocycles. The number of nitrogens with zero attached hydrogens (tertiary/aromatic N) is 4. The van der Waals surface area contributed by atoms with E-state index in [2.05, 4.69) is 15.2 Å². The lowest BCUT2D eigenvalue weighted by Crippen LogP contribution is -2.43. The molecule has 174 valence electrons. The molecule has 0 saturated carbocycles. The average molecular weight is 473 g/mol. The van der Waals surface area contributed by atoms with E-state index in [1.165, 1.54) is 0 Å². The second-order valence-electron chi connectivity index (χ2n) is 8.47. The van der Waals surface area contributed by atoms with Crippen LogP contribution in [0.2, 0.25) is 0 Å². The molecule has 1 aliphatic rings. The van der Waals surface area contributed by atoms with Crippen molar-refractivity contribution in [3.05, 3.63) is 78.2 Å². The molecular formula is C26H28N6OS. The lowest BCUT2D eigenvalue weighted by atomic mass is 9.92. The van der Waals surface area contributed by atoms with E-state index in [1.807, 2.05) is 67.6 Å². The number of anilines is 1. The minimum Gasteiger partial charge on any atom is -0.497 e. The van der Waals surface area contributed by atoms with Gasteiger partial charge in [0, 0.05) is 37.9 Å². The zero-order chi connectivity index (χ0) is 23.5. The van der Waals surface area contributed by atoms with Crippen LogP contribution in [0.4, 0.5) is 5.13 Å². The molecule has 3 heterocycles. The summed E-state index contributed by atoms with van der Waals surface area (Å²) in [4.78, 5) is 17.9. The smallest absolute Gasteiger partial charge is 0.186 e. The summed E-state index contributed by atoms with van der Waals surface area (Å²) in [5.41, 5.74) is 9.64. The number of benzene rings is 2. The molecule has 3 N–H and O–H groups in total. The number of piperazine rings is 1. The summed E-state index contributed by atoms with van der Waals surface area (Å²) in [6.45, 7) is 5.71. The molecule has 1 aliphatic heterocycles. The number of hydrogen-bond acceptors (Lipinski definition) is 8. The molecule has 0 bridgehead atoms. The van der Waals surface area contributed by atoms with Gasteiger partial charge in [0.15, 0.2) is 11.0 Å². The number of methoxy groups -OCH3 is 1. The Bertz CT molecular complexity index is 1250. The summed E-state index contributed by atoms with van der Waals surface area (Å²) >= 11 is 1.66. The van der Waals surface area contributed by atoms with Crippen molar-refractivity contribution in [2.75, 3.05) is 38.2 Å². The maximum absolute atomic E-state index is 6.74. The van der Waals surface area contributed by atoms with E-state index < -0.39 is 5.54 Å². The molecule has 2 aromatic heterocycles. The van der Waals surface area contributed by atoms with Crippen LogP contribution in [-0.4, -0.2) is 48.2 Å². The number of hydrogen-bond donors (Lipinski definition) is 2. The van der Waals surface area contributed by atoms with Crippen molar-refractivity contribution in [1.82, 2.24) is 20.3 Å². The third-order valence-electron chi connectivity index (χ3n) is 6.09. The third-order valence-corrected chi connectivity index (χ3v) is 7.23. The largest absolute Gasteiger partial charge is 0.497 e. The van der Waals surface area contributed by atoms with Crippen LogP contribution >= 0.6 is 11.3 Å². The summed E-state index contributed by atoms with van der Waals surface area (Å²) < 4.78 is 5.35. The van der Waals surface area contributed by atoms with Crippen molar-refractivity contribution >= 4 is 16.5 Å². The molecule has 0 unspecified atom stereocenters. The van der Waals surface area contributed by atoms with Gasteiger partial charge >= 0.3 is 0 Å². The Balaban J connectivity index is 1.59. The first-order chi connectivity index (χ1) is 16.6. The van der Waals surface area contributed by atoms with Crippen LogP contribution in [0.5, 0.6) is 5.75 Å². The molecule has 1 saturated heterocycles. The zero-order valence-electron chi connectivity index (χ0n) is 19.4. The predicted octanol–water partition coefficient (Wildman–Crippen LogP) is 3.91. The number of nitrogens with one attached hydrogen (secondary N) is 1. The van der Waals surface area contributed by atoms with Crippen molar-refractivity contribution < 1.29 is 4.74 Å². The van der Waals surface area contributed by atoms with Crippen LogP contribution in [-0.2, 0) is 5.54 Å². The summed E-state index contributed by atoms with van der Waals surface area (Å²) in [5, 5.41) is 4.41. The minimum atomic E-state index is -0.816. The SMILES string of the molecule is COc1ccc(-c2nc(N3CCNCC3)sc2-c2ccnc([C@@](C)(N)c3ccccc3)n2)cc1. The second-order valence-corrected chi connectivity index (χ2v) is 9.45. The molecule has 0 aliphatic carbocycles. The van der Waals surface area contributed by atoms with E-state index >= 15 is 0 Å². The fourth-order valence-electron chi connectivity index (χ4n) is 4.07. The van der Waals surface area contributed by atoms with E-state index in [0.717, 1.165) is 64.5 Å². The maximum atomic E-state index is 6.74. The number of aromatic nitrogens is 3. The Morgan fingerprint density at radius 3 is 2.44 bits per heavy atom. The van der Waals surface area contributed by atoms with Crippen molar-refractivity contribution in [2.45, 2.75) is 12.5 Å². The van der Waals surface area contributed by atoms with Crippen LogP contribution in [0.1, 0.15) is 18.3 Å². The standard InChI is InChI=1S/C26H28N6OS/c1-26(27,19-6-4-3-5-7-19)24-29-13-12-21(30-24)23-22(18-8-10-20(33-2)11-9-18)31-25(34-23)32-16-14-28-15-17-32/h3-13,28H,14-17,27H2,1-2H3/t26-/m0/s1. The number of thiazole rings is 1. The lowest BCUT2D eigenvalue weighted by molar-refractivity contribution is 0.415. The van der Waals surface area contributed by atoms with Crippen molar-refractivity contribution in [3.63, 3.8) is 0 Å². The fourth-order valence-corrected chi connectivity index (χ4v) is 5.18. The van der Waals surface area contributed by atoms with E-state index in [4.69, 9.17) is 20.4 Å². The average Bonchev–Trinajstić information content (AvgIpc) is 3.35. The fraction of sp³-hybridized carbons (Fsp3) is 0.269. The highest BCUT2D eigenvalue weighted by Crippen LogP contribution is 2.40. The minimum absolute atomic E-state index is 0.578. The zero-order valence-corrected chi connectivity index (χ0v) is 20.2. The summed E-state index contributed by atoms with van der Waals surface area (Å²) in [6.07, 6.45) is 1.79. The highest BCUT2D eigenvalue weighted by Gasteiger charge is 2.28.